The summed E-state index contributed by atoms with van der Waals surface area (Å²) in [5.41, 5.74) is 0.893. The molecule has 1 aliphatic heterocycles. The van der Waals surface area contributed by atoms with Gasteiger partial charge in [-0.1, -0.05) is 24.3 Å². The molecule has 1 heterocycles. The third kappa shape index (κ3) is 5.13. The molecule has 2 aromatic rings. The Kier molecular flexibility index (Phi) is 5.90. The van der Waals surface area contributed by atoms with Crippen LogP contribution in [0.2, 0.25) is 0 Å². The van der Waals surface area contributed by atoms with Crippen molar-refractivity contribution in [2.75, 3.05) is 39.8 Å². The number of hydrogen-bond donors (Lipinski definition) is 0. The zero-order valence-corrected chi connectivity index (χ0v) is 16.8. The first-order valence-corrected chi connectivity index (χ1v) is 9.62. The average molecular weight is 370 g/mol. The lowest BCUT2D eigenvalue weighted by Gasteiger charge is -2.35. The van der Waals surface area contributed by atoms with Crippen LogP contribution in [0.15, 0.2) is 36.4 Å². The molecule has 0 saturated carbocycles. The van der Waals surface area contributed by atoms with Crippen molar-refractivity contribution < 1.29 is 14.3 Å². The van der Waals surface area contributed by atoms with E-state index in [1.54, 1.807) is 7.11 Å². The molecule has 3 rings (SSSR count). The van der Waals surface area contributed by atoms with Gasteiger partial charge in [0, 0.05) is 32.7 Å². The van der Waals surface area contributed by atoms with Gasteiger partial charge in [-0.05, 0) is 55.7 Å². The molecule has 0 aliphatic carbocycles. The molecule has 0 atom stereocenters. The maximum atomic E-state index is 12.2. The summed E-state index contributed by atoms with van der Waals surface area (Å²) in [4.78, 5) is 16.4. The molecule has 5 nitrogen and oxygen atoms in total. The van der Waals surface area contributed by atoms with Crippen LogP contribution in [0.25, 0.3) is 10.8 Å². The van der Waals surface area contributed by atoms with Crippen molar-refractivity contribution in [2.45, 2.75) is 32.8 Å². The third-order valence-corrected chi connectivity index (χ3v) is 4.90. The summed E-state index contributed by atoms with van der Waals surface area (Å²) in [6.45, 7) is 9.90. The highest BCUT2D eigenvalue weighted by Crippen LogP contribution is 2.24. The predicted octanol–water partition coefficient (Wildman–Crippen LogP) is 3.94. The van der Waals surface area contributed by atoms with E-state index in [1.807, 2.05) is 31.7 Å². The SMILES string of the molecule is COc1ccc2cccc(CCN3CCN(C(=O)OC(C)(C)C)CC3)c2c1. The second-order valence-electron chi connectivity index (χ2n) is 8.06. The quantitative estimate of drug-likeness (QED) is 0.817. The minimum Gasteiger partial charge on any atom is -0.497 e. The van der Waals surface area contributed by atoms with Crippen molar-refractivity contribution in [3.63, 3.8) is 0 Å². The summed E-state index contributed by atoms with van der Waals surface area (Å²) in [6, 6.07) is 12.7. The van der Waals surface area contributed by atoms with Gasteiger partial charge in [0.05, 0.1) is 7.11 Å². The van der Waals surface area contributed by atoms with Crippen molar-refractivity contribution in [3.8, 4) is 5.75 Å². The molecule has 1 aliphatic rings. The van der Waals surface area contributed by atoms with Gasteiger partial charge in [0.15, 0.2) is 0 Å². The van der Waals surface area contributed by atoms with Crippen molar-refractivity contribution in [3.05, 3.63) is 42.0 Å². The van der Waals surface area contributed by atoms with Gasteiger partial charge in [0.1, 0.15) is 11.4 Å². The van der Waals surface area contributed by atoms with Gasteiger partial charge in [0.2, 0.25) is 0 Å². The van der Waals surface area contributed by atoms with Crippen molar-refractivity contribution >= 4 is 16.9 Å². The van der Waals surface area contributed by atoms with Crippen molar-refractivity contribution in [1.29, 1.82) is 0 Å². The normalized spacial score (nSPS) is 15.8. The number of fused-ring (bicyclic) bond motifs is 1. The molecule has 0 aromatic heterocycles. The van der Waals surface area contributed by atoms with E-state index in [0.717, 1.165) is 44.9 Å². The van der Waals surface area contributed by atoms with Crippen LogP contribution in [0.5, 0.6) is 5.75 Å². The van der Waals surface area contributed by atoms with E-state index in [4.69, 9.17) is 9.47 Å². The van der Waals surface area contributed by atoms with Crippen molar-refractivity contribution in [2.24, 2.45) is 0 Å². The van der Waals surface area contributed by atoms with Gasteiger partial charge in [-0.15, -0.1) is 0 Å². The molecule has 0 radical (unpaired) electrons. The summed E-state index contributed by atoms with van der Waals surface area (Å²) in [6.07, 6.45) is 0.778. The molecule has 0 spiro atoms. The Balaban J connectivity index is 1.56. The van der Waals surface area contributed by atoms with Gasteiger partial charge >= 0.3 is 6.09 Å². The number of ether oxygens (including phenoxy) is 2. The monoisotopic (exact) mass is 370 g/mol. The van der Waals surface area contributed by atoms with Crippen LogP contribution in [0.4, 0.5) is 4.79 Å². The number of benzene rings is 2. The lowest BCUT2D eigenvalue weighted by Crippen LogP contribution is -2.50. The Labute approximate surface area is 161 Å². The van der Waals surface area contributed by atoms with Crippen molar-refractivity contribution in [1.82, 2.24) is 9.80 Å². The summed E-state index contributed by atoms with van der Waals surface area (Å²) in [5, 5.41) is 2.49. The smallest absolute Gasteiger partial charge is 0.410 e. The average Bonchev–Trinajstić information content (AvgIpc) is 2.65. The van der Waals surface area contributed by atoms with E-state index in [9.17, 15) is 4.79 Å². The zero-order valence-electron chi connectivity index (χ0n) is 16.8. The van der Waals surface area contributed by atoms with Crippen LogP contribution in [0.3, 0.4) is 0 Å². The molecule has 1 saturated heterocycles. The molecular weight excluding hydrogens is 340 g/mol. The van der Waals surface area contributed by atoms with Crippen LogP contribution < -0.4 is 4.74 Å². The Bertz CT molecular complexity index is 790. The second-order valence-corrected chi connectivity index (χ2v) is 8.06. The minimum atomic E-state index is -0.441. The lowest BCUT2D eigenvalue weighted by molar-refractivity contribution is 0.0146. The number of carbonyl (C=O) groups is 1. The number of methoxy groups -OCH3 is 1. The van der Waals surface area contributed by atoms with Crippen LogP contribution >= 0.6 is 0 Å². The summed E-state index contributed by atoms with van der Waals surface area (Å²) in [7, 11) is 1.70. The number of rotatable bonds is 4. The van der Waals surface area contributed by atoms with E-state index < -0.39 is 5.60 Å². The lowest BCUT2D eigenvalue weighted by atomic mass is 10.0. The largest absolute Gasteiger partial charge is 0.497 e. The molecule has 1 fully saturated rings. The van der Waals surface area contributed by atoms with Gasteiger partial charge < -0.3 is 14.4 Å². The minimum absolute atomic E-state index is 0.205. The Morgan fingerprint density at radius 1 is 1.07 bits per heavy atom. The molecule has 5 heteroatoms. The van der Waals surface area contributed by atoms with Crippen LogP contribution in [0.1, 0.15) is 26.3 Å². The molecule has 1 amide bonds. The molecule has 146 valence electrons. The van der Waals surface area contributed by atoms with E-state index in [1.165, 1.54) is 16.3 Å². The fourth-order valence-corrected chi connectivity index (χ4v) is 3.42. The highest BCUT2D eigenvalue weighted by molar-refractivity contribution is 5.87. The highest BCUT2D eigenvalue weighted by atomic mass is 16.6. The Hall–Kier alpha value is -2.27. The van der Waals surface area contributed by atoms with E-state index in [-0.39, 0.29) is 6.09 Å². The van der Waals surface area contributed by atoms with E-state index >= 15 is 0 Å². The zero-order chi connectivity index (χ0) is 19.4. The number of carbonyl (C=O) groups excluding carboxylic acids is 1. The first-order chi connectivity index (χ1) is 12.9. The molecule has 2 aromatic carbocycles. The molecule has 0 unspecified atom stereocenters. The second kappa shape index (κ2) is 8.17. The Morgan fingerprint density at radius 3 is 2.48 bits per heavy atom. The summed E-state index contributed by atoms with van der Waals surface area (Å²) < 4.78 is 10.8. The van der Waals surface area contributed by atoms with Gasteiger partial charge in [-0.25, -0.2) is 4.79 Å². The topological polar surface area (TPSA) is 42.0 Å². The van der Waals surface area contributed by atoms with Crippen LogP contribution in [-0.2, 0) is 11.2 Å². The maximum Gasteiger partial charge on any atom is 0.410 e. The van der Waals surface area contributed by atoms with E-state index in [0.29, 0.717) is 0 Å². The van der Waals surface area contributed by atoms with Crippen LogP contribution in [-0.4, -0.2) is 61.3 Å². The third-order valence-electron chi connectivity index (χ3n) is 4.90. The maximum absolute atomic E-state index is 12.2. The number of nitrogens with zero attached hydrogens (tertiary/aromatic N) is 2. The standard InChI is InChI=1S/C22H30N2O3/c1-22(2,3)27-21(25)24-14-12-23(13-15-24)11-10-18-7-5-6-17-8-9-19(26-4)16-20(17)18/h5-9,16H,10-15H2,1-4H3. The first-order valence-electron chi connectivity index (χ1n) is 9.62. The molecule has 0 bridgehead atoms. The number of piperazine rings is 1. The predicted molar refractivity (Wildman–Crippen MR) is 108 cm³/mol. The van der Waals surface area contributed by atoms with Gasteiger partial charge in [0.25, 0.3) is 0 Å². The molecule has 0 N–H and O–H groups in total. The molecule has 27 heavy (non-hydrogen) atoms. The fraction of sp³-hybridized carbons (Fsp3) is 0.500. The number of amides is 1. The van der Waals surface area contributed by atoms with Gasteiger partial charge in [-0.3, -0.25) is 4.90 Å². The van der Waals surface area contributed by atoms with Gasteiger partial charge in [-0.2, -0.15) is 0 Å². The summed E-state index contributed by atoms with van der Waals surface area (Å²) in [5.74, 6) is 0.890. The Morgan fingerprint density at radius 2 is 1.81 bits per heavy atom. The fourth-order valence-electron chi connectivity index (χ4n) is 3.42. The summed E-state index contributed by atoms with van der Waals surface area (Å²) >= 11 is 0. The van der Waals surface area contributed by atoms with E-state index in [2.05, 4.69) is 35.2 Å². The first kappa shape index (κ1) is 19.5. The highest BCUT2D eigenvalue weighted by Gasteiger charge is 2.25. The molecular formula is C22H30N2O3. The van der Waals surface area contributed by atoms with Crippen LogP contribution in [0, 0.1) is 0 Å². The number of hydrogen-bond acceptors (Lipinski definition) is 4.